The van der Waals surface area contributed by atoms with Gasteiger partial charge in [-0.3, -0.25) is 4.98 Å². The van der Waals surface area contributed by atoms with Crippen molar-refractivity contribution < 1.29 is 4.74 Å². The lowest BCUT2D eigenvalue weighted by Crippen LogP contribution is -2.24. The molecule has 0 bridgehead atoms. The standard InChI is InChI=1S/C13H19BrN2O/c1-15-13(6-10-2-4-17-5-3-10)11-7-12(14)9-16-8-11/h7-10,13,15H,2-6H2,1H3. The van der Waals surface area contributed by atoms with Crippen molar-refractivity contribution in [2.75, 3.05) is 20.3 Å². The molecule has 1 aromatic rings. The van der Waals surface area contributed by atoms with Crippen LogP contribution in [0.3, 0.4) is 0 Å². The van der Waals surface area contributed by atoms with E-state index in [9.17, 15) is 0 Å². The fraction of sp³-hybridized carbons (Fsp3) is 0.615. The molecule has 1 atom stereocenters. The number of hydrogen-bond acceptors (Lipinski definition) is 3. The van der Waals surface area contributed by atoms with Crippen molar-refractivity contribution in [2.45, 2.75) is 25.3 Å². The summed E-state index contributed by atoms with van der Waals surface area (Å²) in [5, 5.41) is 3.39. The van der Waals surface area contributed by atoms with Gasteiger partial charge in [0.2, 0.25) is 0 Å². The van der Waals surface area contributed by atoms with Crippen LogP contribution in [0, 0.1) is 5.92 Å². The van der Waals surface area contributed by atoms with Gasteiger partial charge in [0, 0.05) is 36.1 Å². The van der Waals surface area contributed by atoms with E-state index in [-0.39, 0.29) is 0 Å². The molecule has 1 N–H and O–H groups in total. The van der Waals surface area contributed by atoms with Gasteiger partial charge >= 0.3 is 0 Å². The molecule has 0 spiro atoms. The van der Waals surface area contributed by atoms with Crippen LogP contribution in [-0.2, 0) is 4.74 Å². The molecular formula is C13H19BrN2O. The van der Waals surface area contributed by atoms with Crippen molar-refractivity contribution >= 4 is 15.9 Å². The van der Waals surface area contributed by atoms with Gasteiger partial charge in [-0.1, -0.05) is 0 Å². The zero-order valence-corrected chi connectivity index (χ0v) is 11.7. The maximum atomic E-state index is 5.40. The third-order valence-corrected chi connectivity index (χ3v) is 3.82. The summed E-state index contributed by atoms with van der Waals surface area (Å²) >= 11 is 3.47. The molecule has 1 fully saturated rings. The van der Waals surface area contributed by atoms with Crippen LogP contribution < -0.4 is 5.32 Å². The van der Waals surface area contributed by atoms with Gasteiger partial charge in [0.1, 0.15) is 0 Å². The molecule has 1 aromatic heterocycles. The van der Waals surface area contributed by atoms with Gasteiger partial charge in [-0.25, -0.2) is 0 Å². The molecule has 0 amide bonds. The fourth-order valence-electron chi connectivity index (χ4n) is 2.35. The first-order valence-electron chi connectivity index (χ1n) is 6.15. The molecular weight excluding hydrogens is 280 g/mol. The molecule has 3 nitrogen and oxygen atoms in total. The molecule has 0 saturated carbocycles. The summed E-state index contributed by atoms with van der Waals surface area (Å²) in [6.45, 7) is 1.83. The molecule has 94 valence electrons. The summed E-state index contributed by atoms with van der Waals surface area (Å²) in [6.07, 6.45) is 7.30. The van der Waals surface area contributed by atoms with Crippen molar-refractivity contribution in [1.82, 2.24) is 10.3 Å². The van der Waals surface area contributed by atoms with E-state index in [0.29, 0.717) is 6.04 Å². The predicted octanol–water partition coefficient (Wildman–Crippen LogP) is 2.92. The van der Waals surface area contributed by atoms with E-state index in [0.717, 1.165) is 30.0 Å². The van der Waals surface area contributed by atoms with Gasteiger partial charge in [0.05, 0.1) is 0 Å². The van der Waals surface area contributed by atoms with Crippen LogP contribution in [-0.4, -0.2) is 25.2 Å². The zero-order chi connectivity index (χ0) is 12.1. The van der Waals surface area contributed by atoms with Crippen LogP contribution in [0.1, 0.15) is 30.9 Å². The number of halogens is 1. The van der Waals surface area contributed by atoms with E-state index < -0.39 is 0 Å². The maximum Gasteiger partial charge on any atom is 0.0468 e. The highest BCUT2D eigenvalue weighted by molar-refractivity contribution is 9.10. The molecule has 0 radical (unpaired) electrons. The minimum absolute atomic E-state index is 0.392. The van der Waals surface area contributed by atoms with Gasteiger partial charge in [0.15, 0.2) is 0 Å². The Bertz CT molecular complexity index is 353. The highest BCUT2D eigenvalue weighted by Gasteiger charge is 2.19. The molecule has 1 aliphatic rings. The molecule has 17 heavy (non-hydrogen) atoms. The Morgan fingerprint density at radius 1 is 1.47 bits per heavy atom. The Balaban J connectivity index is 2.00. The zero-order valence-electron chi connectivity index (χ0n) is 10.2. The summed E-state index contributed by atoms with van der Waals surface area (Å²) < 4.78 is 6.44. The smallest absolute Gasteiger partial charge is 0.0468 e. The molecule has 1 unspecified atom stereocenters. The van der Waals surface area contributed by atoms with Crippen molar-refractivity contribution in [3.05, 3.63) is 28.5 Å². The van der Waals surface area contributed by atoms with Gasteiger partial charge in [-0.2, -0.15) is 0 Å². The summed E-state index contributed by atoms with van der Waals surface area (Å²) in [6, 6.07) is 2.54. The number of hydrogen-bond donors (Lipinski definition) is 1. The largest absolute Gasteiger partial charge is 0.381 e. The van der Waals surface area contributed by atoms with E-state index in [2.05, 4.69) is 32.3 Å². The second kappa shape index (κ2) is 6.47. The average molecular weight is 299 g/mol. The van der Waals surface area contributed by atoms with Gasteiger partial charge in [0.25, 0.3) is 0 Å². The molecule has 1 aliphatic heterocycles. The number of rotatable bonds is 4. The molecule has 1 saturated heterocycles. The first kappa shape index (κ1) is 13.0. The Kier molecular flexibility index (Phi) is 4.95. The van der Waals surface area contributed by atoms with E-state index >= 15 is 0 Å². The normalized spacial score (nSPS) is 19.2. The monoisotopic (exact) mass is 298 g/mol. The Morgan fingerprint density at radius 2 is 2.24 bits per heavy atom. The lowest BCUT2D eigenvalue weighted by atomic mass is 9.90. The predicted molar refractivity (Wildman–Crippen MR) is 71.9 cm³/mol. The maximum absolute atomic E-state index is 5.40. The highest BCUT2D eigenvalue weighted by Crippen LogP contribution is 2.28. The van der Waals surface area contributed by atoms with Crippen LogP contribution in [0.25, 0.3) is 0 Å². The van der Waals surface area contributed by atoms with Crippen molar-refractivity contribution in [1.29, 1.82) is 0 Å². The quantitative estimate of drug-likeness (QED) is 0.928. The van der Waals surface area contributed by atoms with Crippen molar-refractivity contribution in [3.63, 3.8) is 0 Å². The molecule has 4 heteroatoms. The lowest BCUT2D eigenvalue weighted by Gasteiger charge is -2.26. The van der Waals surface area contributed by atoms with E-state index in [1.165, 1.54) is 18.4 Å². The fourth-order valence-corrected chi connectivity index (χ4v) is 2.74. The summed E-state index contributed by atoms with van der Waals surface area (Å²) in [7, 11) is 2.02. The number of pyridine rings is 1. The molecule has 2 heterocycles. The Morgan fingerprint density at radius 3 is 2.88 bits per heavy atom. The minimum Gasteiger partial charge on any atom is -0.381 e. The van der Waals surface area contributed by atoms with E-state index in [1.54, 1.807) is 0 Å². The van der Waals surface area contributed by atoms with Crippen LogP contribution in [0.15, 0.2) is 22.9 Å². The van der Waals surface area contributed by atoms with Crippen molar-refractivity contribution in [3.8, 4) is 0 Å². The number of nitrogens with zero attached hydrogens (tertiary/aromatic N) is 1. The van der Waals surface area contributed by atoms with Crippen LogP contribution >= 0.6 is 15.9 Å². The van der Waals surface area contributed by atoms with Gasteiger partial charge in [-0.05, 0) is 59.8 Å². The number of aromatic nitrogens is 1. The first-order valence-corrected chi connectivity index (χ1v) is 6.94. The molecule has 2 rings (SSSR count). The van der Waals surface area contributed by atoms with Gasteiger partial charge < -0.3 is 10.1 Å². The minimum atomic E-state index is 0.392. The topological polar surface area (TPSA) is 34.1 Å². The van der Waals surface area contributed by atoms with Gasteiger partial charge in [-0.15, -0.1) is 0 Å². The number of nitrogens with one attached hydrogen (secondary N) is 1. The van der Waals surface area contributed by atoms with Crippen LogP contribution in [0.5, 0.6) is 0 Å². The second-order valence-corrected chi connectivity index (χ2v) is 5.48. The Hall–Kier alpha value is -0.450. The SMILES string of the molecule is CNC(CC1CCOCC1)c1cncc(Br)c1. The first-order chi connectivity index (χ1) is 8.29. The lowest BCUT2D eigenvalue weighted by molar-refractivity contribution is 0.0608. The third kappa shape index (κ3) is 3.76. The summed E-state index contributed by atoms with van der Waals surface area (Å²) in [5.41, 5.74) is 1.26. The Labute approximate surface area is 111 Å². The summed E-state index contributed by atoms with van der Waals surface area (Å²) in [5.74, 6) is 0.764. The molecule has 0 aliphatic carbocycles. The number of ether oxygens (including phenoxy) is 1. The highest BCUT2D eigenvalue weighted by atomic mass is 79.9. The van der Waals surface area contributed by atoms with E-state index in [4.69, 9.17) is 4.74 Å². The second-order valence-electron chi connectivity index (χ2n) is 4.57. The van der Waals surface area contributed by atoms with Crippen LogP contribution in [0.4, 0.5) is 0 Å². The third-order valence-electron chi connectivity index (χ3n) is 3.39. The molecule has 0 aromatic carbocycles. The van der Waals surface area contributed by atoms with Crippen LogP contribution in [0.2, 0.25) is 0 Å². The van der Waals surface area contributed by atoms with E-state index in [1.807, 2.05) is 19.4 Å². The average Bonchev–Trinajstić information content (AvgIpc) is 2.37. The van der Waals surface area contributed by atoms with Crippen molar-refractivity contribution in [2.24, 2.45) is 5.92 Å². The summed E-state index contributed by atoms with van der Waals surface area (Å²) in [4.78, 5) is 4.23.